The predicted octanol–water partition coefficient (Wildman–Crippen LogP) is 33.1. The van der Waals surface area contributed by atoms with Crippen molar-refractivity contribution >= 4 is 66.2 Å². The summed E-state index contributed by atoms with van der Waals surface area (Å²) >= 11 is 0. The molecule has 0 amide bonds. The van der Waals surface area contributed by atoms with Crippen molar-refractivity contribution in [2.24, 2.45) is 0 Å². The van der Waals surface area contributed by atoms with Gasteiger partial charge in [-0.05, 0) is 287 Å². The van der Waals surface area contributed by atoms with Crippen molar-refractivity contribution in [3.63, 3.8) is 0 Å². The van der Waals surface area contributed by atoms with Gasteiger partial charge in [-0.25, -0.2) is 15.0 Å². The van der Waals surface area contributed by atoms with Crippen molar-refractivity contribution in [2.75, 3.05) is 0 Å². The summed E-state index contributed by atoms with van der Waals surface area (Å²) in [4.78, 5) is 40.3. The maximum absolute atomic E-state index is 9.23. The maximum atomic E-state index is 9.23. The zero-order chi connectivity index (χ0) is 113. The third-order valence-corrected chi connectivity index (χ3v) is 28.0. The Labute approximate surface area is 919 Å². The zero-order valence-corrected chi connectivity index (χ0v) is 89.0. The van der Waals surface area contributed by atoms with Gasteiger partial charge in [0.05, 0.1) is 16.7 Å². The van der Waals surface area contributed by atoms with E-state index in [2.05, 4.69) is 214 Å². The molecule has 0 aliphatic heterocycles. The molecule has 12 nitrogen and oxygen atoms in total. The van der Waals surface area contributed by atoms with E-state index in [-0.39, 0.29) is 98.8 Å². The van der Waals surface area contributed by atoms with Gasteiger partial charge in [-0.15, -0.1) is 161 Å². The monoisotopic (exact) mass is 2450 g/mol. The van der Waals surface area contributed by atoms with Crippen LogP contribution in [0.25, 0.3) is 134 Å². The largest absolute Gasteiger partial charge is 0.486 e. The Morgan fingerprint density at radius 1 is 0.283 bits per heavy atom. The quantitative estimate of drug-likeness (QED) is 0.107. The molecular weight excluding hydrogens is 2310 g/mol. The molecule has 735 valence electrons. The van der Waals surface area contributed by atoms with E-state index >= 15 is 0 Å². The molecule has 0 bridgehead atoms. The van der Waals surface area contributed by atoms with Crippen LogP contribution >= 0.6 is 0 Å². The van der Waals surface area contributed by atoms with Gasteiger partial charge in [0.15, 0.2) is 0 Å². The minimum absolute atomic E-state index is 0. The third kappa shape index (κ3) is 24.1. The molecule has 0 spiro atoms. The van der Waals surface area contributed by atoms with Crippen LogP contribution in [0.5, 0.6) is 0 Å². The van der Waals surface area contributed by atoms with E-state index < -0.39 is 51.9 Å². The van der Waals surface area contributed by atoms with Crippen molar-refractivity contribution in [3.05, 3.63) is 448 Å². The van der Waals surface area contributed by atoms with Gasteiger partial charge in [0.2, 0.25) is 17.1 Å². The summed E-state index contributed by atoms with van der Waals surface area (Å²) < 4.78 is 156. The fourth-order valence-electron chi connectivity index (χ4n) is 19.2. The smallest absolute Gasteiger partial charge is 0.216 e. The Morgan fingerprint density at radius 2 is 0.607 bits per heavy atom. The van der Waals surface area contributed by atoms with Crippen LogP contribution in [0, 0.1) is 105 Å². The number of benzene rings is 9. The third-order valence-electron chi connectivity index (χ3n) is 28.0. The first kappa shape index (κ1) is 82.9. The van der Waals surface area contributed by atoms with E-state index in [4.69, 9.17) is 48.8 Å². The van der Waals surface area contributed by atoms with Crippen LogP contribution in [0.1, 0.15) is 230 Å². The van der Waals surface area contributed by atoms with Crippen LogP contribution in [0.3, 0.4) is 0 Å². The first-order valence-corrected chi connectivity index (χ1v) is 48.2. The second-order valence-corrected chi connectivity index (χ2v) is 37.9. The number of rotatable bonds is 12. The minimum atomic E-state index is -2.19. The molecule has 3 saturated carbocycles. The van der Waals surface area contributed by atoms with E-state index in [1.165, 1.54) is 65.6 Å². The Hall–Kier alpha value is -13.3. The average molecular weight is 2450 g/mol. The predicted molar refractivity (Wildman–Crippen MR) is 579 cm³/mol. The summed E-state index contributed by atoms with van der Waals surface area (Å²) in [5.41, 5.74) is 25.8. The van der Waals surface area contributed by atoms with Gasteiger partial charge in [0.25, 0.3) is 0 Å². The van der Waals surface area contributed by atoms with Gasteiger partial charge in [0.1, 0.15) is 0 Å². The molecule has 3 fully saturated rings. The summed E-state index contributed by atoms with van der Waals surface area (Å²) in [6, 6.07) is 110. The van der Waals surface area contributed by atoms with E-state index in [1.807, 2.05) is 136 Å². The number of aryl methyl sites for hydroxylation is 10. The summed E-state index contributed by atoms with van der Waals surface area (Å²) in [7, 11) is 0. The Bertz CT molecular complexity index is 8150. The topological polar surface area (TPSA) is 155 Å². The molecule has 15 heteroatoms. The molecule has 3 radical (unpaired) electrons. The van der Waals surface area contributed by atoms with Gasteiger partial charge in [-0.2, -0.15) is 0 Å². The van der Waals surface area contributed by atoms with Gasteiger partial charge in [-0.1, -0.05) is 230 Å². The van der Waals surface area contributed by atoms with Gasteiger partial charge in [-0.3, -0.25) is 0 Å². The molecule has 3 aliphatic carbocycles. The molecule has 0 N–H and O–H groups in total. The van der Waals surface area contributed by atoms with Crippen molar-refractivity contribution in [3.8, 4) is 67.5 Å². The fraction of sp³-hybridized carbons (Fsp3) is 0.238. The Balaban J connectivity index is 0.000000139. The summed E-state index contributed by atoms with van der Waals surface area (Å²) in [6.45, 7) is 5.60. The van der Waals surface area contributed by atoms with Gasteiger partial charge >= 0.3 is 0 Å². The molecular formula is C130H119Ir3N9O3-6. The van der Waals surface area contributed by atoms with E-state index in [9.17, 15) is 4.11 Å². The van der Waals surface area contributed by atoms with Crippen LogP contribution in [-0.4, -0.2) is 44.9 Å². The molecule has 24 rings (SSSR count). The van der Waals surface area contributed by atoms with Crippen LogP contribution in [0.4, 0.5) is 0 Å². The average Bonchev–Trinajstić information content (AvgIpc) is 1.64. The summed E-state index contributed by atoms with van der Waals surface area (Å²) in [6.07, 6.45) is 20.7. The summed E-state index contributed by atoms with van der Waals surface area (Å²) in [5, 5.41) is 6.06. The maximum Gasteiger partial charge on any atom is 0.216 e. The molecule has 3 aliphatic rings. The first-order chi connectivity index (χ1) is 76.1. The van der Waals surface area contributed by atoms with Crippen molar-refractivity contribution < 1.29 is 98.2 Å². The van der Waals surface area contributed by atoms with E-state index in [0.717, 1.165) is 210 Å². The van der Waals surface area contributed by atoms with Gasteiger partial charge < -0.3 is 43.2 Å². The van der Waals surface area contributed by atoms with Crippen LogP contribution < -0.4 is 0 Å². The normalized spacial score (nSPS) is 21.1. The zero-order valence-electron chi connectivity index (χ0n) is 99.8. The number of hydrogen-bond acceptors (Lipinski definition) is 12. The first-order valence-electron chi connectivity index (χ1n) is 57.2. The SMILES string of the molecule is [2H]C([2H])([2H])c1c[c-]c(-c2cc(C)c(C([2H])([2H])[2H])cn2)cc1.[2H]C([2H])([2H])c1c[c-]c(-c2ccc(C([2H])([2H])[2H])cn2)cc1.[2H]C([2H])([2H])c1cnc(-c2[c-]cccc2)cc1C.[2H]C1(c2ccc(-c3[c-]ccc4c3oc3nc(C)ccc34)nc2)CCC(C)(c2ccccc2)CC1.[2H]C1(c2ccc(-c3[c-]ccc4c3oc3nc(C)ccc34)nc2)CCC(C)(c2ccccc2)CC1.[2H]C1(c2ccc(-c3[c-]ccc4c3oc3nc(C)ccc34)nc2)CCC(C)(c2ccccc2)CC1.[Ir].[Ir].[Ir]. The Morgan fingerprint density at radius 3 is 0.903 bits per heavy atom. The number of aromatic nitrogens is 9. The molecule has 9 aromatic carbocycles. The van der Waals surface area contributed by atoms with Crippen LogP contribution in [-0.2, 0) is 76.6 Å². The van der Waals surface area contributed by atoms with Crippen molar-refractivity contribution in [2.45, 2.75) is 201 Å². The number of pyridine rings is 9. The van der Waals surface area contributed by atoms with Crippen LogP contribution in [0.15, 0.2) is 336 Å². The van der Waals surface area contributed by atoms with Crippen LogP contribution in [0.2, 0.25) is 0 Å². The van der Waals surface area contributed by atoms with Crippen molar-refractivity contribution in [1.29, 1.82) is 0 Å². The molecule has 0 atom stereocenters. The number of hydrogen-bond donors (Lipinski definition) is 0. The molecule has 21 aromatic rings. The second-order valence-electron chi connectivity index (χ2n) is 37.9. The molecule has 12 aromatic heterocycles. The van der Waals surface area contributed by atoms with E-state index in [0.29, 0.717) is 50.8 Å². The Kier molecular flexibility index (Phi) is 26.8. The fourth-order valence-corrected chi connectivity index (χ4v) is 19.2. The second kappa shape index (κ2) is 46.8. The number of furan rings is 3. The molecule has 145 heavy (non-hydrogen) atoms. The standard InChI is InChI=1S/3C30H27N2O.C14H14N.2C13H12N.3Ir/c3*1-20-11-13-25-24-9-6-10-26(28(24)33-29(25)32-20)27-14-12-22(19-31-27)21-15-17-30(2,18-16-21)23-7-4-3-5-8-23;1-10-4-6-13(7-5-10)14-8-11(2)12(3)9-15-14;1-10-3-6-12(7-4-10)13-8-5-11(2)9-14-13;1-10-8-13(14-9-11(10)2)12-6-4-3-5-7-12;;;/h3*3-9,11-14,19,21H,15-18H2,1-2H3;4-6,8-9H,1-3H3;2*3-6,8-9H,1-2H3;;;/q6*-1;;;/i3*21D;1D3,3D3;1D3,2D3;2D3;;;. The van der Waals surface area contributed by atoms with E-state index in [1.54, 1.807) is 44.2 Å². The number of fused-ring (bicyclic) bond motifs is 9. The molecule has 0 saturated heterocycles. The van der Waals surface area contributed by atoms with Gasteiger partial charge in [0, 0.05) is 155 Å². The molecule has 0 unspecified atom stereocenters. The minimum Gasteiger partial charge on any atom is -0.486 e. The van der Waals surface area contributed by atoms with Crippen molar-refractivity contribution in [1.82, 2.24) is 44.9 Å². The summed E-state index contributed by atoms with van der Waals surface area (Å²) in [5.74, 6) is -1.80. The molecule has 12 heterocycles. The number of nitrogens with zero attached hydrogens (tertiary/aromatic N) is 9.